The zero-order valence-electron chi connectivity index (χ0n) is 13.1. The molecular weight excluding hydrogens is 296 g/mol. The van der Waals surface area contributed by atoms with E-state index in [1.807, 2.05) is 31.2 Å². The van der Waals surface area contributed by atoms with Gasteiger partial charge in [0, 0.05) is 16.3 Å². The minimum Gasteiger partial charge on any atom is -0.392 e. The predicted molar refractivity (Wildman–Crippen MR) is 89.9 cm³/mol. The number of hydrogen-bond acceptors (Lipinski definition) is 3. The molecule has 1 atom stereocenters. The molecule has 0 aliphatic carbocycles. The Morgan fingerprint density at radius 3 is 2.55 bits per heavy atom. The maximum absolute atomic E-state index is 12.0. The van der Waals surface area contributed by atoms with Gasteiger partial charge < -0.3 is 15.7 Å². The number of carbonyl (C=O) groups is 1. The first-order valence-corrected chi connectivity index (χ1v) is 8.12. The van der Waals surface area contributed by atoms with Gasteiger partial charge in [0.25, 0.3) is 0 Å². The highest BCUT2D eigenvalue weighted by molar-refractivity contribution is 7.12. The van der Waals surface area contributed by atoms with E-state index in [0.29, 0.717) is 6.54 Å². The van der Waals surface area contributed by atoms with E-state index in [4.69, 9.17) is 0 Å². The summed E-state index contributed by atoms with van der Waals surface area (Å²) < 4.78 is 0. The number of benzene rings is 1. The molecule has 1 unspecified atom stereocenters. The fraction of sp³-hybridized carbons (Fsp3) is 0.353. The maximum atomic E-state index is 12.0. The molecule has 0 aliphatic heterocycles. The lowest BCUT2D eigenvalue weighted by Crippen LogP contribution is -2.36. The Balaban J connectivity index is 1.91. The van der Waals surface area contributed by atoms with Crippen LogP contribution in [0.3, 0.4) is 0 Å². The Morgan fingerprint density at radius 2 is 1.95 bits per heavy atom. The number of thiophene rings is 1. The van der Waals surface area contributed by atoms with E-state index in [1.165, 1.54) is 9.75 Å². The zero-order chi connectivity index (χ0) is 16.1. The number of amides is 2. The van der Waals surface area contributed by atoms with E-state index < -0.39 is 0 Å². The summed E-state index contributed by atoms with van der Waals surface area (Å²) in [6.45, 7) is 6.50. The number of aliphatic hydroxyl groups is 1. The topological polar surface area (TPSA) is 61.4 Å². The minimum atomic E-state index is -0.205. The summed E-state index contributed by atoms with van der Waals surface area (Å²) in [4.78, 5) is 14.5. The lowest BCUT2D eigenvalue weighted by Gasteiger charge is -2.15. The fourth-order valence-electron chi connectivity index (χ4n) is 2.47. The Kier molecular flexibility index (Phi) is 5.57. The van der Waals surface area contributed by atoms with Crippen molar-refractivity contribution in [3.63, 3.8) is 0 Å². The highest BCUT2D eigenvalue weighted by Gasteiger charge is 2.13. The van der Waals surface area contributed by atoms with E-state index in [0.717, 1.165) is 16.7 Å². The van der Waals surface area contributed by atoms with E-state index in [9.17, 15) is 9.90 Å². The minimum absolute atomic E-state index is 0.0246. The fourth-order valence-corrected chi connectivity index (χ4v) is 3.49. The van der Waals surface area contributed by atoms with Gasteiger partial charge in [-0.15, -0.1) is 11.3 Å². The molecule has 0 aliphatic rings. The van der Waals surface area contributed by atoms with Crippen LogP contribution in [0.25, 0.3) is 0 Å². The first-order chi connectivity index (χ1) is 10.5. The summed E-state index contributed by atoms with van der Waals surface area (Å²) in [6.07, 6.45) is 0. The molecule has 0 saturated carbocycles. The first kappa shape index (κ1) is 16.5. The van der Waals surface area contributed by atoms with Crippen molar-refractivity contribution in [3.05, 3.63) is 56.8 Å². The number of aliphatic hydroxyl groups excluding tert-OH is 1. The van der Waals surface area contributed by atoms with Gasteiger partial charge in [-0.05, 0) is 43.5 Å². The van der Waals surface area contributed by atoms with Crippen LogP contribution in [-0.4, -0.2) is 11.1 Å². The molecule has 0 spiro atoms. The van der Waals surface area contributed by atoms with E-state index in [-0.39, 0.29) is 18.7 Å². The Morgan fingerprint density at radius 1 is 1.27 bits per heavy atom. The third kappa shape index (κ3) is 4.08. The third-order valence-electron chi connectivity index (χ3n) is 3.62. The molecule has 1 aromatic carbocycles. The second kappa shape index (κ2) is 7.42. The van der Waals surface area contributed by atoms with Crippen molar-refractivity contribution in [2.75, 3.05) is 0 Å². The molecule has 4 nitrogen and oxygen atoms in total. The van der Waals surface area contributed by atoms with E-state index >= 15 is 0 Å². The molecule has 0 fully saturated rings. The lowest BCUT2D eigenvalue weighted by atomic mass is 10.1. The van der Waals surface area contributed by atoms with Gasteiger partial charge >= 0.3 is 6.03 Å². The van der Waals surface area contributed by atoms with Gasteiger partial charge in [-0.2, -0.15) is 0 Å². The number of hydrogen-bond donors (Lipinski definition) is 3. The van der Waals surface area contributed by atoms with Crippen LogP contribution in [0, 0.1) is 13.8 Å². The van der Waals surface area contributed by atoms with Crippen LogP contribution in [0.1, 0.15) is 39.4 Å². The van der Waals surface area contributed by atoms with Gasteiger partial charge in [-0.3, -0.25) is 0 Å². The van der Waals surface area contributed by atoms with Crippen LogP contribution in [0.4, 0.5) is 4.79 Å². The molecule has 1 heterocycles. The van der Waals surface area contributed by atoms with Crippen LogP contribution in [-0.2, 0) is 13.2 Å². The quantitative estimate of drug-likeness (QED) is 0.791. The van der Waals surface area contributed by atoms with Crippen LogP contribution < -0.4 is 10.6 Å². The summed E-state index contributed by atoms with van der Waals surface area (Å²) in [5.41, 5.74) is 2.92. The Hall–Kier alpha value is -1.85. The number of aryl methyl sites for hydroxylation is 2. The number of nitrogens with one attached hydrogen (secondary N) is 2. The standard InChI is InChI=1S/C17H22N2O2S/c1-11-8-16(13(3)22-11)12(2)19-17(21)18-9-14-6-4-5-7-15(14)10-20/h4-8,12,20H,9-10H2,1-3H3,(H2,18,19,21). The third-order valence-corrected chi connectivity index (χ3v) is 4.60. The van der Waals surface area contributed by atoms with E-state index in [1.54, 1.807) is 11.3 Å². The van der Waals surface area contributed by atoms with Crippen molar-refractivity contribution in [1.29, 1.82) is 0 Å². The van der Waals surface area contributed by atoms with Gasteiger partial charge in [0.2, 0.25) is 0 Å². The SMILES string of the molecule is Cc1cc(C(C)NC(=O)NCc2ccccc2CO)c(C)s1. The van der Waals surface area contributed by atoms with Crippen LogP contribution in [0.15, 0.2) is 30.3 Å². The average Bonchev–Trinajstić information content (AvgIpc) is 2.84. The van der Waals surface area contributed by atoms with Crippen molar-refractivity contribution in [3.8, 4) is 0 Å². The largest absolute Gasteiger partial charge is 0.392 e. The van der Waals surface area contributed by atoms with Crippen molar-refractivity contribution < 1.29 is 9.90 Å². The first-order valence-electron chi connectivity index (χ1n) is 7.30. The summed E-state index contributed by atoms with van der Waals surface area (Å²) in [7, 11) is 0. The van der Waals surface area contributed by atoms with E-state index in [2.05, 4.69) is 30.5 Å². The molecule has 1 aromatic heterocycles. The normalized spacial score (nSPS) is 12.0. The molecule has 2 aromatic rings. The molecule has 22 heavy (non-hydrogen) atoms. The van der Waals surface area contributed by atoms with Gasteiger partial charge in [-0.25, -0.2) is 4.79 Å². The molecule has 3 N–H and O–H groups in total. The molecule has 2 amide bonds. The van der Waals surface area contributed by atoms with Crippen LogP contribution in [0.2, 0.25) is 0 Å². The van der Waals surface area contributed by atoms with Crippen molar-refractivity contribution in [2.45, 2.75) is 40.0 Å². The monoisotopic (exact) mass is 318 g/mol. The van der Waals surface area contributed by atoms with Crippen LogP contribution >= 0.6 is 11.3 Å². The highest BCUT2D eigenvalue weighted by Crippen LogP contribution is 2.25. The molecule has 2 rings (SSSR count). The number of rotatable bonds is 5. The van der Waals surface area contributed by atoms with Crippen molar-refractivity contribution >= 4 is 17.4 Å². The maximum Gasteiger partial charge on any atom is 0.315 e. The molecule has 118 valence electrons. The summed E-state index contributed by atoms with van der Waals surface area (Å²) >= 11 is 1.74. The molecular formula is C17H22N2O2S. The molecule has 0 saturated heterocycles. The average molecular weight is 318 g/mol. The van der Waals surface area contributed by atoms with Crippen LogP contribution in [0.5, 0.6) is 0 Å². The van der Waals surface area contributed by atoms with Gasteiger partial charge in [0.1, 0.15) is 0 Å². The van der Waals surface area contributed by atoms with Gasteiger partial charge in [-0.1, -0.05) is 24.3 Å². The van der Waals surface area contributed by atoms with Gasteiger partial charge in [0.15, 0.2) is 0 Å². The Labute approximate surface area is 135 Å². The molecule has 5 heteroatoms. The predicted octanol–water partition coefficient (Wildman–Crippen LogP) is 3.42. The summed E-state index contributed by atoms with van der Waals surface area (Å²) in [5, 5.41) is 15.1. The summed E-state index contributed by atoms with van der Waals surface area (Å²) in [5.74, 6) is 0. The number of urea groups is 1. The second-order valence-electron chi connectivity index (χ2n) is 5.34. The molecule has 0 bridgehead atoms. The molecule has 0 radical (unpaired) electrons. The zero-order valence-corrected chi connectivity index (χ0v) is 14.0. The Bertz CT molecular complexity index is 652. The highest BCUT2D eigenvalue weighted by atomic mass is 32.1. The summed E-state index contributed by atoms with van der Waals surface area (Å²) in [6, 6.07) is 9.41. The number of carbonyl (C=O) groups excluding carboxylic acids is 1. The lowest BCUT2D eigenvalue weighted by molar-refractivity contribution is 0.237. The van der Waals surface area contributed by atoms with Crippen molar-refractivity contribution in [2.24, 2.45) is 0 Å². The smallest absolute Gasteiger partial charge is 0.315 e. The second-order valence-corrected chi connectivity index (χ2v) is 6.80. The van der Waals surface area contributed by atoms with Gasteiger partial charge in [0.05, 0.1) is 12.6 Å². The van der Waals surface area contributed by atoms with Crippen molar-refractivity contribution in [1.82, 2.24) is 10.6 Å².